The Labute approximate surface area is 131 Å². The molecule has 0 unspecified atom stereocenters. The van der Waals surface area contributed by atoms with E-state index in [1.807, 2.05) is 0 Å². The molecule has 0 bridgehead atoms. The van der Waals surface area contributed by atoms with Crippen LogP contribution >= 0.6 is 34.9 Å². The molecular weight excluding hydrogens is 310 g/mol. The lowest BCUT2D eigenvalue weighted by molar-refractivity contribution is -0.119. The molecule has 3 rings (SSSR count). The van der Waals surface area contributed by atoms with Crippen molar-refractivity contribution in [3.05, 3.63) is 0 Å². The van der Waals surface area contributed by atoms with Crippen molar-refractivity contribution < 1.29 is 4.79 Å². The van der Waals surface area contributed by atoms with Gasteiger partial charge < -0.3 is 5.32 Å². The Balaban J connectivity index is 1.43. The second kappa shape index (κ2) is 6.66. The zero-order valence-electron chi connectivity index (χ0n) is 11.5. The summed E-state index contributed by atoms with van der Waals surface area (Å²) in [6.07, 6.45) is 5.18. The first-order valence-corrected chi connectivity index (χ1v) is 9.93. The highest BCUT2D eigenvalue weighted by atomic mass is 32.2. The number of hydrogen-bond acceptors (Lipinski definition) is 6. The predicted octanol–water partition coefficient (Wildman–Crippen LogP) is 3.05. The molecule has 2 saturated carbocycles. The molecule has 1 aromatic rings. The molecule has 1 heterocycles. The van der Waals surface area contributed by atoms with Crippen LogP contribution in [-0.2, 0) is 4.79 Å². The average Bonchev–Trinajstić information content (AvgIpc) is 3.33. The van der Waals surface area contributed by atoms with E-state index in [9.17, 15) is 4.79 Å². The third-order valence-corrected chi connectivity index (χ3v) is 6.64. The summed E-state index contributed by atoms with van der Waals surface area (Å²) in [6.45, 7) is 2.10. The van der Waals surface area contributed by atoms with Crippen LogP contribution in [0.5, 0.6) is 0 Å². The van der Waals surface area contributed by atoms with Gasteiger partial charge in [-0.3, -0.25) is 4.79 Å². The number of aromatic nitrogens is 2. The molecule has 4 nitrogen and oxygen atoms in total. The molecule has 1 amide bonds. The van der Waals surface area contributed by atoms with Crippen molar-refractivity contribution in [2.75, 3.05) is 11.5 Å². The molecule has 2 fully saturated rings. The average molecular weight is 330 g/mol. The topological polar surface area (TPSA) is 54.9 Å². The van der Waals surface area contributed by atoms with Crippen LogP contribution in [0.4, 0.5) is 0 Å². The zero-order valence-corrected chi connectivity index (χ0v) is 14.0. The lowest BCUT2D eigenvalue weighted by Gasteiger charge is -2.17. The van der Waals surface area contributed by atoms with Gasteiger partial charge in [0, 0.05) is 6.04 Å². The third kappa shape index (κ3) is 4.11. The lowest BCUT2D eigenvalue weighted by Crippen LogP contribution is -2.39. The molecule has 1 N–H and O–H groups in total. The second-order valence-electron chi connectivity index (χ2n) is 5.32. The van der Waals surface area contributed by atoms with Gasteiger partial charge in [-0.15, -0.1) is 10.2 Å². The summed E-state index contributed by atoms with van der Waals surface area (Å²) >= 11 is 4.78. The van der Waals surface area contributed by atoms with Crippen molar-refractivity contribution in [3.8, 4) is 0 Å². The summed E-state index contributed by atoms with van der Waals surface area (Å²) in [7, 11) is 0. The predicted molar refractivity (Wildman–Crippen MR) is 84.4 cm³/mol. The molecule has 20 heavy (non-hydrogen) atoms. The fraction of sp³-hybridized carbons (Fsp3) is 0.769. The Hall–Kier alpha value is -0.270. The van der Waals surface area contributed by atoms with Gasteiger partial charge in [0.15, 0.2) is 8.68 Å². The van der Waals surface area contributed by atoms with Crippen LogP contribution < -0.4 is 5.32 Å². The minimum Gasteiger partial charge on any atom is -0.352 e. The summed E-state index contributed by atoms with van der Waals surface area (Å²) in [5.74, 6) is 3.13. The van der Waals surface area contributed by atoms with E-state index in [-0.39, 0.29) is 5.91 Å². The van der Waals surface area contributed by atoms with Crippen LogP contribution in [0.3, 0.4) is 0 Å². The van der Waals surface area contributed by atoms with Gasteiger partial charge in [-0.1, -0.05) is 41.8 Å². The number of nitrogens with one attached hydrogen (secondary N) is 1. The van der Waals surface area contributed by atoms with Gasteiger partial charge in [0.2, 0.25) is 5.91 Å². The van der Waals surface area contributed by atoms with E-state index in [4.69, 9.17) is 0 Å². The Kier molecular flexibility index (Phi) is 4.88. The molecular formula is C13H19N3OS3. The molecule has 1 aromatic heterocycles. The van der Waals surface area contributed by atoms with E-state index < -0.39 is 0 Å². The van der Waals surface area contributed by atoms with Crippen LogP contribution in [0.15, 0.2) is 8.68 Å². The highest BCUT2D eigenvalue weighted by molar-refractivity contribution is 8.03. The van der Waals surface area contributed by atoms with Crippen molar-refractivity contribution >= 4 is 40.8 Å². The van der Waals surface area contributed by atoms with Gasteiger partial charge in [0.25, 0.3) is 0 Å². The maximum absolute atomic E-state index is 12.0. The minimum atomic E-state index is 0.152. The summed E-state index contributed by atoms with van der Waals surface area (Å²) < 4.78 is 1.88. The smallest absolute Gasteiger partial charge is 0.230 e. The Morgan fingerprint density at radius 1 is 1.25 bits per heavy atom. The fourth-order valence-corrected chi connectivity index (χ4v) is 5.05. The number of thioether (sulfide) groups is 2. The normalized spacial score (nSPS) is 18.5. The molecule has 0 spiro atoms. The highest BCUT2D eigenvalue weighted by Gasteiger charge is 2.42. The number of nitrogens with zero attached hydrogens (tertiary/aromatic N) is 2. The Morgan fingerprint density at radius 2 is 1.85 bits per heavy atom. The maximum Gasteiger partial charge on any atom is 0.230 e. The van der Waals surface area contributed by atoms with Gasteiger partial charge in [-0.25, -0.2) is 0 Å². The molecule has 7 heteroatoms. The van der Waals surface area contributed by atoms with Crippen LogP contribution in [0.2, 0.25) is 0 Å². The lowest BCUT2D eigenvalue weighted by atomic mass is 10.1. The standard InChI is InChI=1S/C13H19N3OS3/c1-2-18-12-15-16-13(20-12)19-7-10(17)14-11(8-3-4-8)9-5-6-9/h8-9,11H,2-7H2,1H3,(H,14,17). The monoisotopic (exact) mass is 329 g/mol. The van der Waals surface area contributed by atoms with Crippen molar-refractivity contribution in [1.82, 2.24) is 15.5 Å². The highest BCUT2D eigenvalue weighted by Crippen LogP contribution is 2.44. The number of amides is 1. The van der Waals surface area contributed by atoms with Crippen LogP contribution in [0.1, 0.15) is 32.6 Å². The van der Waals surface area contributed by atoms with Gasteiger partial charge in [-0.2, -0.15) is 0 Å². The van der Waals surface area contributed by atoms with E-state index in [2.05, 4.69) is 22.4 Å². The molecule has 0 aromatic carbocycles. The molecule has 0 aliphatic heterocycles. The SMILES string of the molecule is CCSc1nnc(SCC(=O)NC(C2CC2)C2CC2)s1. The number of hydrogen-bond donors (Lipinski definition) is 1. The second-order valence-corrected chi connectivity index (χ2v) is 9.03. The first-order chi connectivity index (χ1) is 9.76. The zero-order chi connectivity index (χ0) is 13.9. The summed E-state index contributed by atoms with van der Waals surface area (Å²) in [5.41, 5.74) is 0. The van der Waals surface area contributed by atoms with E-state index in [1.54, 1.807) is 23.1 Å². The summed E-state index contributed by atoms with van der Waals surface area (Å²) in [6, 6.07) is 0.448. The molecule has 0 atom stereocenters. The largest absolute Gasteiger partial charge is 0.352 e. The van der Waals surface area contributed by atoms with Crippen LogP contribution in [0, 0.1) is 11.8 Å². The fourth-order valence-electron chi connectivity index (χ4n) is 2.32. The number of rotatable bonds is 8. The van der Waals surface area contributed by atoms with Crippen LogP contribution in [-0.4, -0.2) is 33.7 Å². The van der Waals surface area contributed by atoms with Crippen molar-refractivity contribution in [2.24, 2.45) is 11.8 Å². The van der Waals surface area contributed by atoms with Gasteiger partial charge in [-0.05, 0) is 43.3 Å². The molecule has 2 aliphatic carbocycles. The van der Waals surface area contributed by atoms with Gasteiger partial charge in [0.05, 0.1) is 5.75 Å². The first-order valence-electron chi connectivity index (χ1n) is 7.14. The Bertz CT molecular complexity index is 459. The van der Waals surface area contributed by atoms with Crippen molar-refractivity contribution in [3.63, 3.8) is 0 Å². The maximum atomic E-state index is 12.0. The molecule has 2 aliphatic rings. The molecule has 0 radical (unpaired) electrons. The van der Waals surface area contributed by atoms with E-state index in [1.165, 1.54) is 37.4 Å². The van der Waals surface area contributed by atoms with Crippen LogP contribution in [0.25, 0.3) is 0 Å². The Morgan fingerprint density at radius 3 is 2.40 bits per heavy atom. The van der Waals surface area contributed by atoms with Crippen molar-refractivity contribution in [1.29, 1.82) is 0 Å². The molecule has 0 saturated heterocycles. The van der Waals surface area contributed by atoms with Gasteiger partial charge >= 0.3 is 0 Å². The minimum absolute atomic E-state index is 0.152. The quantitative estimate of drug-likeness (QED) is 0.743. The van der Waals surface area contributed by atoms with E-state index in [0.717, 1.165) is 26.3 Å². The summed E-state index contributed by atoms with van der Waals surface area (Å²) in [4.78, 5) is 12.0. The molecule has 110 valence electrons. The number of carbonyl (C=O) groups excluding carboxylic acids is 1. The van der Waals surface area contributed by atoms with E-state index in [0.29, 0.717) is 11.8 Å². The number of carbonyl (C=O) groups is 1. The van der Waals surface area contributed by atoms with Gasteiger partial charge in [0.1, 0.15) is 0 Å². The van der Waals surface area contributed by atoms with E-state index >= 15 is 0 Å². The third-order valence-electron chi connectivity index (χ3n) is 3.57. The summed E-state index contributed by atoms with van der Waals surface area (Å²) in [5, 5.41) is 11.4. The van der Waals surface area contributed by atoms with Crippen molar-refractivity contribution in [2.45, 2.75) is 47.3 Å². The first kappa shape index (κ1) is 14.7.